The van der Waals surface area contributed by atoms with E-state index in [4.69, 9.17) is 0 Å². The van der Waals surface area contributed by atoms with Crippen molar-refractivity contribution in [3.8, 4) is 0 Å². The highest BCUT2D eigenvalue weighted by Crippen LogP contribution is 2.20. The van der Waals surface area contributed by atoms with Gasteiger partial charge in [0.1, 0.15) is 0 Å². The molecule has 0 spiro atoms. The van der Waals surface area contributed by atoms with Gasteiger partial charge in [0.05, 0.1) is 11.3 Å². The molecule has 1 amide bonds. The molecule has 0 unspecified atom stereocenters. The molecule has 1 aromatic heterocycles. The number of hydrogen-bond donors (Lipinski definition) is 2. The number of carbonyl (C=O) groups is 1. The summed E-state index contributed by atoms with van der Waals surface area (Å²) in [6.45, 7) is 6.80. The minimum Gasteiger partial charge on any atom is -0.383 e. The van der Waals surface area contributed by atoms with E-state index in [2.05, 4.69) is 21.7 Å². The van der Waals surface area contributed by atoms with Crippen molar-refractivity contribution in [3.63, 3.8) is 0 Å². The van der Waals surface area contributed by atoms with Crippen LogP contribution in [-0.4, -0.2) is 23.0 Å². The third-order valence-electron chi connectivity index (χ3n) is 3.65. The van der Waals surface area contributed by atoms with Crippen molar-refractivity contribution in [3.05, 3.63) is 35.7 Å². The molecule has 2 N–H and O–H groups in total. The van der Waals surface area contributed by atoms with E-state index in [1.807, 2.05) is 26.8 Å². The van der Waals surface area contributed by atoms with Gasteiger partial charge in [0.15, 0.2) is 0 Å². The first-order chi connectivity index (χ1) is 10.4. The highest BCUT2D eigenvalue weighted by molar-refractivity contribution is 5.95. The van der Waals surface area contributed by atoms with Gasteiger partial charge in [-0.15, -0.1) is 0 Å². The molecule has 0 aliphatic heterocycles. The van der Waals surface area contributed by atoms with Gasteiger partial charge >= 0.3 is 0 Å². The maximum absolute atomic E-state index is 12.1. The Morgan fingerprint density at radius 3 is 2.77 bits per heavy atom. The SMILES string of the molecule is CC(C)(C)NC(=O)c1cncc(NCCC2=CCCCC2)c1. The zero-order chi connectivity index (χ0) is 16.0. The van der Waals surface area contributed by atoms with Crippen molar-refractivity contribution < 1.29 is 4.79 Å². The maximum Gasteiger partial charge on any atom is 0.253 e. The predicted molar refractivity (Wildman–Crippen MR) is 91.1 cm³/mol. The van der Waals surface area contributed by atoms with Gasteiger partial charge in [-0.25, -0.2) is 0 Å². The number of allylic oxidation sites excluding steroid dienone is 1. The molecule has 22 heavy (non-hydrogen) atoms. The Morgan fingerprint density at radius 1 is 1.27 bits per heavy atom. The molecule has 0 saturated heterocycles. The third-order valence-corrected chi connectivity index (χ3v) is 3.65. The fourth-order valence-corrected chi connectivity index (χ4v) is 2.57. The molecule has 4 nitrogen and oxygen atoms in total. The van der Waals surface area contributed by atoms with Crippen LogP contribution in [0.2, 0.25) is 0 Å². The van der Waals surface area contributed by atoms with Crippen LogP contribution >= 0.6 is 0 Å². The van der Waals surface area contributed by atoms with Gasteiger partial charge in [0, 0.05) is 24.5 Å². The summed E-state index contributed by atoms with van der Waals surface area (Å²) in [5, 5.41) is 6.32. The van der Waals surface area contributed by atoms with Gasteiger partial charge in [-0.05, 0) is 58.9 Å². The predicted octanol–water partition coefficient (Wildman–Crippen LogP) is 3.91. The fraction of sp³-hybridized carbons (Fsp3) is 0.556. The summed E-state index contributed by atoms with van der Waals surface area (Å²) in [6, 6.07) is 1.86. The molecule has 0 fully saturated rings. The maximum atomic E-state index is 12.1. The van der Waals surface area contributed by atoms with Gasteiger partial charge in [0.25, 0.3) is 5.91 Å². The second-order valence-corrected chi connectivity index (χ2v) is 6.95. The van der Waals surface area contributed by atoms with Crippen molar-refractivity contribution in [2.75, 3.05) is 11.9 Å². The van der Waals surface area contributed by atoms with Crippen LogP contribution in [0.5, 0.6) is 0 Å². The first kappa shape index (κ1) is 16.5. The lowest BCUT2D eigenvalue weighted by atomic mass is 9.97. The third kappa shape index (κ3) is 5.51. The molecule has 0 bridgehead atoms. The Bertz CT molecular complexity index is 544. The van der Waals surface area contributed by atoms with E-state index in [9.17, 15) is 4.79 Å². The number of rotatable bonds is 5. The number of nitrogens with one attached hydrogen (secondary N) is 2. The van der Waals surface area contributed by atoms with E-state index in [1.54, 1.807) is 18.0 Å². The second-order valence-electron chi connectivity index (χ2n) is 6.95. The lowest BCUT2D eigenvalue weighted by Gasteiger charge is -2.20. The van der Waals surface area contributed by atoms with Gasteiger partial charge in [-0.1, -0.05) is 11.6 Å². The van der Waals surface area contributed by atoms with E-state index >= 15 is 0 Å². The standard InChI is InChI=1S/C18H27N3O/c1-18(2,3)21-17(22)15-11-16(13-19-12-15)20-10-9-14-7-5-4-6-8-14/h7,11-13,20H,4-6,8-10H2,1-3H3,(H,21,22). The molecule has 2 rings (SSSR count). The number of nitrogens with zero attached hydrogens (tertiary/aromatic N) is 1. The first-order valence-corrected chi connectivity index (χ1v) is 8.13. The number of anilines is 1. The summed E-state index contributed by atoms with van der Waals surface area (Å²) in [4.78, 5) is 16.3. The Hall–Kier alpha value is -1.84. The van der Waals surface area contributed by atoms with Gasteiger partial charge < -0.3 is 10.6 Å². The van der Waals surface area contributed by atoms with E-state index in [1.165, 1.54) is 25.7 Å². The van der Waals surface area contributed by atoms with Crippen molar-refractivity contribution in [2.45, 2.75) is 58.4 Å². The summed E-state index contributed by atoms with van der Waals surface area (Å²) < 4.78 is 0. The lowest BCUT2D eigenvalue weighted by molar-refractivity contribution is 0.0919. The molecule has 0 radical (unpaired) electrons. The molecule has 1 heterocycles. The van der Waals surface area contributed by atoms with Crippen LogP contribution in [0.25, 0.3) is 0 Å². The number of pyridine rings is 1. The Kier molecular flexibility index (Phi) is 5.58. The summed E-state index contributed by atoms with van der Waals surface area (Å²) >= 11 is 0. The van der Waals surface area contributed by atoms with Crippen molar-refractivity contribution in [1.29, 1.82) is 0 Å². The molecule has 0 saturated carbocycles. The first-order valence-electron chi connectivity index (χ1n) is 8.13. The number of aromatic nitrogens is 1. The average Bonchev–Trinajstić information content (AvgIpc) is 2.47. The summed E-state index contributed by atoms with van der Waals surface area (Å²) in [5.41, 5.74) is 2.80. The summed E-state index contributed by atoms with van der Waals surface area (Å²) in [6.07, 6.45) is 11.9. The molecule has 0 aromatic carbocycles. The van der Waals surface area contributed by atoms with Crippen molar-refractivity contribution in [1.82, 2.24) is 10.3 Å². The van der Waals surface area contributed by atoms with Crippen LogP contribution in [0.4, 0.5) is 5.69 Å². The fourth-order valence-electron chi connectivity index (χ4n) is 2.57. The number of carbonyl (C=O) groups excluding carboxylic acids is 1. The van der Waals surface area contributed by atoms with Crippen LogP contribution in [0, 0.1) is 0 Å². The Morgan fingerprint density at radius 2 is 2.09 bits per heavy atom. The summed E-state index contributed by atoms with van der Waals surface area (Å²) in [5.74, 6) is -0.0846. The number of amides is 1. The molecule has 0 atom stereocenters. The van der Waals surface area contributed by atoms with E-state index < -0.39 is 0 Å². The van der Waals surface area contributed by atoms with Gasteiger partial charge in [0.2, 0.25) is 0 Å². The largest absolute Gasteiger partial charge is 0.383 e. The topological polar surface area (TPSA) is 54.0 Å². The monoisotopic (exact) mass is 301 g/mol. The van der Waals surface area contributed by atoms with E-state index in [-0.39, 0.29) is 11.4 Å². The quantitative estimate of drug-likeness (QED) is 0.811. The van der Waals surface area contributed by atoms with Crippen molar-refractivity contribution >= 4 is 11.6 Å². The minimum atomic E-state index is -0.242. The van der Waals surface area contributed by atoms with Crippen LogP contribution in [0.15, 0.2) is 30.1 Å². The van der Waals surface area contributed by atoms with Gasteiger partial charge in [-0.2, -0.15) is 0 Å². The average molecular weight is 301 g/mol. The molecule has 120 valence electrons. The molecule has 4 heteroatoms. The smallest absolute Gasteiger partial charge is 0.253 e. The number of hydrogen-bond acceptors (Lipinski definition) is 3. The lowest BCUT2D eigenvalue weighted by Crippen LogP contribution is -2.40. The van der Waals surface area contributed by atoms with E-state index in [0.29, 0.717) is 5.56 Å². The highest BCUT2D eigenvalue weighted by Gasteiger charge is 2.15. The normalized spacial score (nSPS) is 15.1. The second kappa shape index (κ2) is 7.43. The van der Waals surface area contributed by atoms with Gasteiger partial charge in [-0.3, -0.25) is 9.78 Å². The molecule has 1 aromatic rings. The van der Waals surface area contributed by atoms with Crippen LogP contribution < -0.4 is 10.6 Å². The molecule has 1 aliphatic rings. The highest BCUT2D eigenvalue weighted by atomic mass is 16.1. The molecular formula is C18H27N3O. The molecule has 1 aliphatic carbocycles. The zero-order valence-electron chi connectivity index (χ0n) is 13.9. The van der Waals surface area contributed by atoms with Crippen LogP contribution in [-0.2, 0) is 0 Å². The minimum absolute atomic E-state index is 0.0846. The van der Waals surface area contributed by atoms with Crippen LogP contribution in [0.3, 0.4) is 0 Å². The van der Waals surface area contributed by atoms with E-state index in [0.717, 1.165) is 18.7 Å². The van der Waals surface area contributed by atoms with Crippen LogP contribution in [0.1, 0.15) is 63.2 Å². The summed E-state index contributed by atoms with van der Waals surface area (Å²) in [7, 11) is 0. The Balaban J connectivity index is 1.88. The molecular weight excluding hydrogens is 274 g/mol. The Labute approximate surface area is 133 Å². The van der Waals surface area contributed by atoms with Crippen molar-refractivity contribution in [2.24, 2.45) is 0 Å². The zero-order valence-corrected chi connectivity index (χ0v) is 13.9.